The van der Waals surface area contributed by atoms with E-state index in [-0.39, 0.29) is 41.7 Å². The van der Waals surface area contributed by atoms with Crippen molar-refractivity contribution in [3.8, 4) is 5.75 Å². The molecule has 0 saturated heterocycles. The third-order valence-corrected chi connectivity index (χ3v) is 9.21. The quantitative estimate of drug-likeness (QED) is 0.566. The number of Topliss-reactive ketones (excluding diaryl/α,β-unsaturated/α-hetero) is 1. The molecule has 9 heteroatoms. The molecule has 1 heterocycles. The Morgan fingerprint density at radius 3 is 2.25 bits per heavy atom. The van der Waals surface area contributed by atoms with Crippen molar-refractivity contribution in [1.29, 1.82) is 0 Å². The van der Waals surface area contributed by atoms with Crippen LogP contribution in [0, 0.1) is 23.5 Å². The van der Waals surface area contributed by atoms with Gasteiger partial charge in [-0.3, -0.25) is 14.4 Å². The van der Waals surface area contributed by atoms with Crippen molar-refractivity contribution >= 4 is 30.9 Å². The van der Waals surface area contributed by atoms with Crippen LogP contribution in [0.25, 0.3) is 0 Å². The zero-order valence-electron chi connectivity index (χ0n) is 20.9. The first-order valence-corrected chi connectivity index (χ1v) is 15.6. The van der Waals surface area contributed by atoms with Crippen LogP contribution >= 0.6 is 0 Å². The monoisotopic (exact) mass is 515 g/mol. The number of aliphatic carboxylic acids is 1. The van der Waals surface area contributed by atoms with E-state index >= 15 is 0 Å². The minimum Gasteiger partial charge on any atom is -0.497 e. The van der Waals surface area contributed by atoms with Crippen LogP contribution in [0.15, 0.2) is 30.3 Å². The molecule has 1 N–H and O–H groups in total. The number of hydrogen-bond donors (Lipinski definition) is 1. The molecule has 1 aliphatic heterocycles. The van der Waals surface area contributed by atoms with Gasteiger partial charge in [-0.2, -0.15) is 0 Å². The second-order valence-corrected chi connectivity index (χ2v) is 15.8. The summed E-state index contributed by atoms with van der Waals surface area (Å²) < 4.78 is 35.0. The highest BCUT2D eigenvalue weighted by Crippen LogP contribution is 2.40. The number of ketones is 1. The van der Waals surface area contributed by atoms with E-state index in [0.29, 0.717) is 24.3 Å². The van der Waals surface area contributed by atoms with Crippen LogP contribution < -0.4 is 9.92 Å². The number of halogens is 2. The van der Waals surface area contributed by atoms with E-state index in [0.717, 1.165) is 5.56 Å². The molecule has 0 spiro atoms. The van der Waals surface area contributed by atoms with E-state index in [1.807, 2.05) is 25.7 Å². The van der Waals surface area contributed by atoms with E-state index in [1.54, 1.807) is 19.2 Å². The first-order chi connectivity index (χ1) is 16.9. The Labute approximate surface area is 210 Å². The SMILES string of the molecule is COc1ccc2c(c1)CCN(C(=O)C1CC(C(=O)O)C1)[C@H]2C(=O)Cc1cc(F)c([Si](C)(C)C)c(F)c1. The van der Waals surface area contributed by atoms with Gasteiger partial charge < -0.3 is 14.7 Å². The van der Waals surface area contributed by atoms with E-state index in [1.165, 1.54) is 17.0 Å². The maximum Gasteiger partial charge on any atom is 0.306 e. The zero-order chi connectivity index (χ0) is 26.4. The van der Waals surface area contributed by atoms with E-state index in [2.05, 4.69) is 0 Å². The molecule has 2 aromatic rings. The molecule has 0 radical (unpaired) electrons. The molecule has 1 aliphatic carbocycles. The lowest BCUT2D eigenvalue weighted by Gasteiger charge is -2.41. The summed E-state index contributed by atoms with van der Waals surface area (Å²) in [6.45, 7) is 5.85. The number of carbonyl (C=O) groups excluding carboxylic acids is 2. The molecular weight excluding hydrogens is 484 g/mol. The molecule has 4 rings (SSSR count). The van der Waals surface area contributed by atoms with Crippen molar-refractivity contribution in [3.05, 3.63) is 58.7 Å². The van der Waals surface area contributed by atoms with Crippen molar-refractivity contribution in [2.45, 2.75) is 51.4 Å². The second kappa shape index (κ2) is 9.76. The molecule has 6 nitrogen and oxygen atoms in total. The van der Waals surface area contributed by atoms with Gasteiger partial charge in [0, 0.05) is 24.1 Å². The summed E-state index contributed by atoms with van der Waals surface area (Å²) in [5.74, 6) is -3.18. The number of methoxy groups -OCH3 is 1. The number of nitrogens with zero attached hydrogens (tertiary/aromatic N) is 1. The van der Waals surface area contributed by atoms with Crippen molar-refractivity contribution < 1.29 is 33.0 Å². The molecule has 1 atom stereocenters. The predicted octanol–water partition coefficient (Wildman–Crippen LogP) is 3.87. The minimum atomic E-state index is -2.27. The zero-order valence-corrected chi connectivity index (χ0v) is 21.9. The van der Waals surface area contributed by atoms with Gasteiger partial charge in [0.25, 0.3) is 0 Å². The van der Waals surface area contributed by atoms with Gasteiger partial charge >= 0.3 is 5.97 Å². The lowest BCUT2D eigenvalue weighted by Crippen LogP contribution is -2.49. The predicted molar refractivity (Wildman–Crippen MR) is 133 cm³/mol. The van der Waals surface area contributed by atoms with E-state index < -0.39 is 43.6 Å². The Kier molecular flexibility index (Phi) is 7.05. The van der Waals surface area contributed by atoms with Crippen LogP contribution in [0.2, 0.25) is 19.6 Å². The molecule has 0 aromatic heterocycles. The molecule has 0 bridgehead atoms. The summed E-state index contributed by atoms with van der Waals surface area (Å²) in [5.41, 5.74) is 1.76. The molecule has 36 heavy (non-hydrogen) atoms. The number of benzene rings is 2. The maximum atomic E-state index is 14.8. The average Bonchev–Trinajstić information content (AvgIpc) is 2.74. The maximum absolute atomic E-state index is 14.8. The summed E-state index contributed by atoms with van der Waals surface area (Å²) >= 11 is 0. The fraction of sp³-hybridized carbons (Fsp3) is 0.444. The Morgan fingerprint density at radius 1 is 1.06 bits per heavy atom. The van der Waals surface area contributed by atoms with Crippen molar-refractivity contribution in [2.75, 3.05) is 13.7 Å². The van der Waals surface area contributed by atoms with Crippen LogP contribution in [0.1, 0.15) is 35.6 Å². The number of carboxylic acid groups (broad SMARTS) is 1. The standard InChI is InChI=1S/C27H31F2NO5Si/c1-35-19-5-6-20-16(14-19)7-8-30(26(32)17-12-18(13-17)27(33)34)24(20)23(31)11-15-9-21(28)25(22(29)10-15)36(2,3)4/h5-6,9-10,14,17-18,24H,7-8,11-13H2,1-4H3,(H,33,34)/t17?,18?,24-/m1/s1. The Morgan fingerprint density at radius 2 is 1.69 bits per heavy atom. The Balaban J connectivity index is 1.65. The third kappa shape index (κ3) is 4.93. The molecule has 1 fully saturated rings. The first-order valence-electron chi connectivity index (χ1n) is 12.1. The number of carbonyl (C=O) groups is 3. The molecule has 0 unspecified atom stereocenters. The number of ether oxygens (including phenoxy) is 1. The fourth-order valence-corrected chi connectivity index (χ4v) is 6.89. The lowest BCUT2D eigenvalue weighted by atomic mass is 9.73. The van der Waals surface area contributed by atoms with Crippen molar-refractivity contribution in [2.24, 2.45) is 11.8 Å². The molecule has 1 saturated carbocycles. The number of fused-ring (bicyclic) bond motifs is 1. The highest BCUT2D eigenvalue weighted by Gasteiger charge is 2.44. The molecule has 192 valence electrons. The van der Waals surface area contributed by atoms with Crippen LogP contribution in [0.3, 0.4) is 0 Å². The molecule has 2 aliphatic rings. The second-order valence-electron chi connectivity index (χ2n) is 10.8. The summed E-state index contributed by atoms with van der Waals surface area (Å²) in [6.07, 6.45) is 0.776. The Bertz CT molecular complexity index is 1200. The lowest BCUT2D eigenvalue weighted by molar-refractivity contribution is -0.154. The largest absolute Gasteiger partial charge is 0.497 e. The van der Waals surface area contributed by atoms with Crippen LogP contribution in [0.5, 0.6) is 5.75 Å². The van der Waals surface area contributed by atoms with Crippen LogP contribution in [0.4, 0.5) is 8.78 Å². The van der Waals surface area contributed by atoms with Gasteiger partial charge in [-0.1, -0.05) is 25.7 Å². The third-order valence-electron chi connectivity index (χ3n) is 7.23. The van der Waals surface area contributed by atoms with Gasteiger partial charge in [0.15, 0.2) is 5.78 Å². The highest BCUT2D eigenvalue weighted by molar-refractivity contribution is 6.88. The summed E-state index contributed by atoms with van der Waals surface area (Å²) in [4.78, 5) is 39.7. The summed E-state index contributed by atoms with van der Waals surface area (Å²) in [5, 5.41) is 9.29. The van der Waals surface area contributed by atoms with Gasteiger partial charge in [0.05, 0.1) is 21.1 Å². The molecular formula is C27H31F2NO5Si. The van der Waals surface area contributed by atoms with Gasteiger partial charge in [-0.05, 0) is 60.2 Å². The fourth-order valence-electron chi connectivity index (χ4n) is 5.31. The first kappa shape index (κ1) is 26.0. The van der Waals surface area contributed by atoms with Gasteiger partial charge in [-0.25, -0.2) is 8.78 Å². The number of carboxylic acids is 1. The van der Waals surface area contributed by atoms with Crippen LogP contribution in [-0.4, -0.2) is 49.4 Å². The van der Waals surface area contributed by atoms with Crippen molar-refractivity contribution in [3.63, 3.8) is 0 Å². The van der Waals surface area contributed by atoms with Gasteiger partial charge in [-0.15, -0.1) is 0 Å². The van der Waals surface area contributed by atoms with E-state index in [4.69, 9.17) is 4.74 Å². The normalized spacial score (nSPS) is 21.4. The Hall–Kier alpha value is -3.07. The van der Waals surface area contributed by atoms with Crippen molar-refractivity contribution in [1.82, 2.24) is 4.90 Å². The van der Waals surface area contributed by atoms with Gasteiger partial charge in [0.2, 0.25) is 5.91 Å². The minimum absolute atomic E-state index is 0.101. The van der Waals surface area contributed by atoms with Gasteiger partial charge in [0.1, 0.15) is 23.4 Å². The van der Waals surface area contributed by atoms with Crippen LogP contribution in [-0.2, 0) is 27.2 Å². The number of rotatable bonds is 7. The topological polar surface area (TPSA) is 83.9 Å². The number of hydrogen-bond acceptors (Lipinski definition) is 4. The highest BCUT2D eigenvalue weighted by atomic mass is 28.3. The molecule has 2 aromatic carbocycles. The summed E-state index contributed by atoms with van der Waals surface area (Å²) in [6, 6.07) is 6.84. The smallest absolute Gasteiger partial charge is 0.306 e. The summed E-state index contributed by atoms with van der Waals surface area (Å²) in [7, 11) is -0.718. The average molecular weight is 516 g/mol. The molecule has 1 amide bonds. The number of amides is 1. The van der Waals surface area contributed by atoms with E-state index in [9.17, 15) is 28.3 Å².